The van der Waals surface area contributed by atoms with Gasteiger partial charge in [0.25, 0.3) is 0 Å². The number of ether oxygens (including phenoxy) is 1. The Bertz CT molecular complexity index is 1060. The van der Waals surface area contributed by atoms with Crippen LogP contribution in [-0.2, 0) is 17.6 Å². The molecule has 0 bridgehead atoms. The van der Waals surface area contributed by atoms with E-state index in [-0.39, 0.29) is 5.92 Å². The Hall–Kier alpha value is -2.32. The maximum Gasteiger partial charge on any atom is 0.164 e. The third kappa shape index (κ3) is 2.88. The topological polar surface area (TPSA) is 101 Å². The second-order valence-electron chi connectivity index (χ2n) is 8.32. The van der Waals surface area contributed by atoms with Gasteiger partial charge in [-0.15, -0.1) is 0 Å². The summed E-state index contributed by atoms with van der Waals surface area (Å²) in [5.74, 6) is 0.224. The van der Waals surface area contributed by atoms with E-state index in [1.165, 1.54) is 17.5 Å². The normalized spacial score (nSPS) is 27.2. The smallest absolute Gasteiger partial charge is 0.164 e. The van der Waals surface area contributed by atoms with Crippen LogP contribution in [0.2, 0.25) is 0 Å². The number of fused-ring (bicyclic) bond motifs is 2. The number of aliphatic hydroxyl groups excluding tert-OH is 3. The van der Waals surface area contributed by atoms with Crippen molar-refractivity contribution in [3.05, 3.63) is 59.2 Å². The molecule has 1 aromatic carbocycles. The van der Waals surface area contributed by atoms with Crippen LogP contribution in [0.15, 0.2) is 36.8 Å². The Balaban J connectivity index is 1.46. The second kappa shape index (κ2) is 6.88. The quantitative estimate of drug-likeness (QED) is 0.625. The van der Waals surface area contributed by atoms with Crippen molar-refractivity contribution in [3.63, 3.8) is 0 Å². The van der Waals surface area contributed by atoms with Crippen LogP contribution in [0.4, 0.5) is 0 Å². The number of hydrogen-bond donors (Lipinski definition) is 3. The van der Waals surface area contributed by atoms with Crippen LogP contribution < -0.4 is 0 Å². The van der Waals surface area contributed by atoms with Crippen molar-refractivity contribution in [2.24, 2.45) is 0 Å². The van der Waals surface area contributed by atoms with E-state index in [0.29, 0.717) is 11.2 Å². The van der Waals surface area contributed by atoms with Gasteiger partial charge in [0.2, 0.25) is 0 Å². The Morgan fingerprint density at radius 2 is 1.86 bits per heavy atom. The molecule has 3 N–H and O–H groups in total. The van der Waals surface area contributed by atoms with E-state index in [0.717, 1.165) is 23.9 Å². The largest absolute Gasteiger partial charge is 0.387 e. The monoisotopic (exact) mass is 395 g/mol. The first kappa shape index (κ1) is 18.7. The van der Waals surface area contributed by atoms with Crippen molar-refractivity contribution < 1.29 is 20.1 Å². The summed E-state index contributed by atoms with van der Waals surface area (Å²) >= 11 is 0. The van der Waals surface area contributed by atoms with Crippen molar-refractivity contribution in [1.29, 1.82) is 0 Å². The van der Waals surface area contributed by atoms with Gasteiger partial charge in [-0.1, -0.05) is 32.0 Å². The van der Waals surface area contributed by atoms with Crippen molar-refractivity contribution in [1.82, 2.24) is 14.5 Å². The highest BCUT2D eigenvalue weighted by molar-refractivity contribution is 5.79. The van der Waals surface area contributed by atoms with Crippen LogP contribution in [0.5, 0.6) is 0 Å². The summed E-state index contributed by atoms with van der Waals surface area (Å²) < 4.78 is 7.71. The molecule has 7 heteroatoms. The summed E-state index contributed by atoms with van der Waals surface area (Å²) in [5.41, 5.74) is 4.77. The number of aromatic nitrogens is 3. The third-order valence-electron chi connectivity index (χ3n) is 6.18. The molecule has 1 fully saturated rings. The molecule has 3 aromatic rings. The summed E-state index contributed by atoms with van der Waals surface area (Å²) in [6.45, 7) is 4.12. The number of benzene rings is 1. The van der Waals surface area contributed by atoms with Crippen molar-refractivity contribution in [2.75, 3.05) is 0 Å². The van der Waals surface area contributed by atoms with Gasteiger partial charge < -0.3 is 24.6 Å². The van der Waals surface area contributed by atoms with Gasteiger partial charge in [0.15, 0.2) is 6.23 Å². The molecule has 2 aliphatic rings. The minimum atomic E-state index is -1.22. The molecule has 0 saturated carbocycles. The molecule has 152 valence electrons. The lowest BCUT2D eigenvalue weighted by molar-refractivity contribution is -0.0848. The standard InChI is InChI=1S/C22H25N3O4/c1-11(2)16-15-7-8-25(21(15)24-10-23-16)22-19(28)18(27)20(29-22)17(26)14-6-4-12-3-5-13(12)9-14/h4,6-11,17-20,22,26-28H,3,5H2,1-2H3/t17-,18+,19-,20-,22-/m1/s1. The Morgan fingerprint density at radius 1 is 1.07 bits per heavy atom. The molecule has 5 atom stereocenters. The zero-order valence-corrected chi connectivity index (χ0v) is 16.4. The van der Waals surface area contributed by atoms with Gasteiger partial charge in [-0.2, -0.15) is 0 Å². The lowest BCUT2D eigenvalue weighted by Gasteiger charge is -2.25. The van der Waals surface area contributed by atoms with E-state index in [4.69, 9.17) is 4.74 Å². The summed E-state index contributed by atoms with van der Waals surface area (Å²) in [5, 5.41) is 33.1. The minimum Gasteiger partial charge on any atom is -0.387 e. The Labute approximate surface area is 168 Å². The maximum absolute atomic E-state index is 10.9. The van der Waals surface area contributed by atoms with Gasteiger partial charge in [-0.3, -0.25) is 0 Å². The number of rotatable bonds is 4. The van der Waals surface area contributed by atoms with Crippen LogP contribution in [0, 0.1) is 0 Å². The van der Waals surface area contributed by atoms with E-state index in [1.807, 2.05) is 24.3 Å². The maximum atomic E-state index is 10.9. The molecule has 5 rings (SSSR count). The fourth-order valence-corrected chi connectivity index (χ4v) is 4.42. The molecule has 1 aliphatic heterocycles. The first-order valence-corrected chi connectivity index (χ1v) is 10.1. The molecule has 3 heterocycles. The molecule has 7 nitrogen and oxygen atoms in total. The molecule has 2 aromatic heterocycles. The first-order valence-electron chi connectivity index (χ1n) is 10.1. The lowest BCUT2D eigenvalue weighted by atomic mass is 9.85. The van der Waals surface area contributed by atoms with Gasteiger partial charge in [-0.25, -0.2) is 9.97 Å². The summed E-state index contributed by atoms with van der Waals surface area (Å²) in [7, 11) is 0. The van der Waals surface area contributed by atoms with Crippen LogP contribution in [-0.4, -0.2) is 48.2 Å². The first-order chi connectivity index (χ1) is 14.0. The molecular formula is C22H25N3O4. The lowest BCUT2D eigenvalue weighted by Crippen LogP contribution is -2.35. The van der Waals surface area contributed by atoms with Crippen LogP contribution in [0.3, 0.4) is 0 Å². The summed E-state index contributed by atoms with van der Waals surface area (Å²) in [6.07, 6.45) is 0.141. The number of hydrogen-bond acceptors (Lipinski definition) is 6. The van der Waals surface area contributed by atoms with Gasteiger partial charge in [0.1, 0.15) is 36.4 Å². The van der Waals surface area contributed by atoms with Crippen LogP contribution >= 0.6 is 0 Å². The Morgan fingerprint density at radius 3 is 2.55 bits per heavy atom. The van der Waals surface area contributed by atoms with Crippen LogP contribution in [0.1, 0.15) is 54.5 Å². The molecule has 1 saturated heterocycles. The van der Waals surface area contributed by atoms with E-state index < -0.39 is 30.6 Å². The SMILES string of the molecule is CC(C)c1ncnc2c1ccn2[C@@H]1O[C@H]([C@H](O)c2ccc3c(c2)CC3)[C@@H](O)[C@H]1O. The van der Waals surface area contributed by atoms with Crippen molar-refractivity contribution >= 4 is 11.0 Å². The predicted octanol–water partition coefficient (Wildman–Crippen LogP) is 2.01. The predicted molar refractivity (Wildman–Crippen MR) is 106 cm³/mol. The van der Waals surface area contributed by atoms with E-state index in [1.54, 1.807) is 10.8 Å². The molecule has 0 unspecified atom stereocenters. The second-order valence-corrected chi connectivity index (χ2v) is 8.32. The van der Waals surface area contributed by atoms with Gasteiger partial charge in [0, 0.05) is 11.6 Å². The van der Waals surface area contributed by atoms with E-state index in [9.17, 15) is 15.3 Å². The molecule has 1 aliphatic carbocycles. The highest BCUT2D eigenvalue weighted by Crippen LogP contribution is 2.39. The summed E-state index contributed by atoms with van der Waals surface area (Å²) in [6, 6.07) is 7.74. The van der Waals surface area contributed by atoms with Gasteiger partial charge >= 0.3 is 0 Å². The van der Waals surface area contributed by atoms with Crippen molar-refractivity contribution in [3.8, 4) is 0 Å². The van der Waals surface area contributed by atoms with E-state index >= 15 is 0 Å². The summed E-state index contributed by atoms with van der Waals surface area (Å²) in [4.78, 5) is 8.73. The van der Waals surface area contributed by atoms with Crippen molar-refractivity contribution in [2.45, 2.75) is 63.3 Å². The number of aliphatic hydroxyl groups is 3. The average molecular weight is 395 g/mol. The zero-order chi connectivity index (χ0) is 20.3. The highest BCUT2D eigenvalue weighted by Gasteiger charge is 2.47. The fourth-order valence-electron chi connectivity index (χ4n) is 4.42. The third-order valence-corrected chi connectivity index (χ3v) is 6.18. The number of aryl methyl sites for hydroxylation is 2. The molecule has 29 heavy (non-hydrogen) atoms. The molecule has 0 spiro atoms. The minimum absolute atomic E-state index is 0.224. The molecule has 0 amide bonds. The highest BCUT2D eigenvalue weighted by atomic mass is 16.6. The molecular weight excluding hydrogens is 370 g/mol. The fraction of sp³-hybridized carbons (Fsp3) is 0.455. The molecule has 0 radical (unpaired) electrons. The zero-order valence-electron chi connectivity index (χ0n) is 16.4. The Kier molecular flexibility index (Phi) is 4.43. The van der Waals surface area contributed by atoms with E-state index in [2.05, 4.69) is 23.8 Å². The van der Waals surface area contributed by atoms with Gasteiger partial charge in [0.05, 0.1) is 5.69 Å². The van der Waals surface area contributed by atoms with Crippen LogP contribution in [0.25, 0.3) is 11.0 Å². The average Bonchev–Trinajstić information content (AvgIpc) is 3.23. The van der Waals surface area contributed by atoms with Gasteiger partial charge in [-0.05, 0) is 41.5 Å². The number of nitrogens with zero attached hydrogens (tertiary/aromatic N) is 3.